The Bertz CT molecular complexity index is 264. The van der Waals surface area contributed by atoms with Crippen molar-refractivity contribution in [2.45, 2.75) is 49.7 Å². The van der Waals surface area contributed by atoms with Gasteiger partial charge in [-0.25, -0.2) is 0 Å². The molecule has 0 aromatic rings. The van der Waals surface area contributed by atoms with Crippen molar-refractivity contribution in [3.8, 4) is 0 Å². The molecule has 1 heterocycles. The van der Waals surface area contributed by atoms with Crippen molar-refractivity contribution in [3.05, 3.63) is 0 Å². The van der Waals surface area contributed by atoms with Crippen LogP contribution in [-0.4, -0.2) is 40.9 Å². The van der Waals surface area contributed by atoms with Crippen molar-refractivity contribution in [2.75, 3.05) is 25.4 Å². The molecule has 0 aromatic carbocycles. The van der Waals surface area contributed by atoms with Crippen molar-refractivity contribution < 1.29 is 4.79 Å². The molecular formula is C13H25ClN2OS. The molecule has 0 atom stereocenters. The molecule has 1 spiro atoms. The fraction of sp³-hybridized carbons (Fsp3) is 0.923. The number of carbonyl (C=O) groups is 1. The van der Waals surface area contributed by atoms with Gasteiger partial charge in [0.1, 0.15) is 0 Å². The highest BCUT2D eigenvalue weighted by molar-refractivity contribution is 8.00. The fourth-order valence-electron chi connectivity index (χ4n) is 2.97. The van der Waals surface area contributed by atoms with Gasteiger partial charge in [-0.15, -0.1) is 12.4 Å². The minimum atomic E-state index is 0. The standard InChI is InChI=1S/C13H24N2OS.ClH/c14-8-4-5-12(16)15-9-10-17-13(11-15)6-2-1-3-7-13;/h1-11,14H2;1H. The molecule has 5 heteroatoms. The second kappa shape index (κ2) is 7.61. The number of hydrogen-bond acceptors (Lipinski definition) is 3. The van der Waals surface area contributed by atoms with E-state index in [1.54, 1.807) is 0 Å². The molecule has 1 amide bonds. The first-order valence-electron chi connectivity index (χ1n) is 6.88. The van der Waals surface area contributed by atoms with E-state index < -0.39 is 0 Å². The van der Waals surface area contributed by atoms with Crippen LogP contribution in [0.4, 0.5) is 0 Å². The summed E-state index contributed by atoms with van der Waals surface area (Å²) in [6, 6.07) is 0. The van der Waals surface area contributed by atoms with Gasteiger partial charge >= 0.3 is 0 Å². The highest BCUT2D eigenvalue weighted by atomic mass is 35.5. The van der Waals surface area contributed by atoms with Gasteiger partial charge in [-0.2, -0.15) is 11.8 Å². The molecule has 1 saturated heterocycles. The Morgan fingerprint density at radius 1 is 1.28 bits per heavy atom. The topological polar surface area (TPSA) is 46.3 Å². The number of nitrogens with zero attached hydrogens (tertiary/aromatic N) is 1. The number of carbonyl (C=O) groups excluding carboxylic acids is 1. The van der Waals surface area contributed by atoms with E-state index in [4.69, 9.17) is 5.73 Å². The Morgan fingerprint density at radius 3 is 2.67 bits per heavy atom. The van der Waals surface area contributed by atoms with Crippen molar-refractivity contribution in [1.82, 2.24) is 4.90 Å². The van der Waals surface area contributed by atoms with Crippen LogP contribution in [0.25, 0.3) is 0 Å². The highest BCUT2D eigenvalue weighted by Gasteiger charge is 2.38. The van der Waals surface area contributed by atoms with Gasteiger partial charge in [0.05, 0.1) is 0 Å². The lowest BCUT2D eigenvalue weighted by Crippen LogP contribution is -2.49. The van der Waals surface area contributed by atoms with Crippen LogP contribution in [0.2, 0.25) is 0 Å². The third kappa shape index (κ3) is 4.04. The zero-order chi connectivity index (χ0) is 12.1. The predicted octanol–water partition coefficient (Wildman–Crippen LogP) is 2.43. The Kier molecular flexibility index (Phi) is 6.82. The van der Waals surface area contributed by atoms with Crippen LogP contribution in [0.5, 0.6) is 0 Å². The van der Waals surface area contributed by atoms with E-state index in [0.717, 1.165) is 25.3 Å². The van der Waals surface area contributed by atoms with E-state index in [9.17, 15) is 4.79 Å². The Balaban J connectivity index is 0.00000162. The Labute approximate surface area is 121 Å². The number of halogens is 1. The van der Waals surface area contributed by atoms with Crippen molar-refractivity contribution in [1.29, 1.82) is 0 Å². The number of nitrogens with two attached hydrogens (primary N) is 1. The van der Waals surface area contributed by atoms with E-state index in [0.29, 0.717) is 23.6 Å². The molecule has 2 N–H and O–H groups in total. The number of amides is 1. The second-order valence-electron chi connectivity index (χ2n) is 5.30. The van der Waals surface area contributed by atoms with Crippen molar-refractivity contribution >= 4 is 30.1 Å². The summed E-state index contributed by atoms with van der Waals surface area (Å²) in [5, 5.41) is 0. The van der Waals surface area contributed by atoms with Crippen LogP contribution in [0, 0.1) is 0 Å². The van der Waals surface area contributed by atoms with E-state index in [-0.39, 0.29) is 12.4 Å². The molecular weight excluding hydrogens is 268 g/mol. The lowest BCUT2D eigenvalue weighted by Gasteiger charge is -2.44. The van der Waals surface area contributed by atoms with Gasteiger partial charge in [-0.05, 0) is 25.8 Å². The van der Waals surface area contributed by atoms with Crippen molar-refractivity contribution in [3.63, 3.8) is 0 Å². The molecule has 0 bridgehead atoms. The summed E-state index contributed by atoms with van der Waals surface area (Å²) in [4.78, 5) is 14.1. The number of hydrogen-bond donors (Lipinski definition) is 1. The molecule has 1 aliphatic carbocycles. The molecule has 106 valence electrons. The average molecular weight is 293 g/mol. The first-order valence-corrected chi connectivity index (χ1v) is 7.86. The van der Waals surface area contributed by atoms with Gasteiger partial charge in [0.15, 0.2) is 0 Å². The van der Waals surface area contributed by atoms with E-state index in [1.165, 1.54) is 32.1 Å². The summed E-state index contributed by atoms with van der Waals surface area (Å²) < 4.78 is 0.398. The fourth-order valence-corrected chi connectivity index (χ4v) is 4.54. The monoisotopic (exact) mass is 292 g/mol. The molecule has 0 unspecified atom stereocenters. The maximum atomic E-state index is 12.0. The molecule has 0 aromatic heterocycles. The minimum Gasteiger partial charge on any atom is -0.340 e. The normalized spacial score (nSPS) is 22.6. The van der Waals surface area contributed by atoms with E-state index >= 15 is 0 Å². The largest absolute Gasteiger partial charge is 0.340 e. The maximum absolute atomic E-state index is 12.0. The Hall–Kier alpha value is 0.0700. The smallest absolute Gasteiger partial charge is 0.222 e. The molecule has 2 aliphatic rings. The number of thioether (sulfide) groups is 1. The van der Waals surface area contributed by atoms with Gasteiger partial charge in [0, 0.05) is 30.0 Å². The zero-order valence-corrected chi connectivity index (χ0v) is 12.7. The summed E-state index contributed by atoms with van der Waals surface area (Å²) in [5.74, 6) is 1.44. The maximum Gasteiger partial charge on any atom is 0.222 e. The van der Waals surface area contributed by atoms with Gasteiger partial charge in [-0.1, -0.05) is 19.3 Å². The highest BCUT2D eigenvalue weighted by Crippen LogP contribution is 2.42. The molecule has 3 nitrogen and oxygen atoms in total. The van der Waals surface area contributed by atoms with Crippen LogP contribution in [0.15, 0.2) is 0 Å². The van der Waals surface area contributed by atoms with Crippen LogP contribution in [0.3, 0.4) is 0 Å². The van der Waals surface area contributed by atoms with Gasteiger partial charge in [0.25, 0.3) is 0 Å². The molecule has 18 heavy (non-hydrogen) atoms. The third-order valence-electron chi connectivity index (χ3n) is 3.96. The van der Waals surface area contributed by atoms with Crippen LogP contribution in [-0.2, 0) is 4.79 Å². The summed E-state index contributed by atoms with van der Waals surface area (Å²) in [6.07, 6.45) is 8.14. The molecule has 0 radical (unpaired) electrons. The first-order chi connectivity index (χ1) is 8.26. The predicted molar refractivity (Wildman–Crippen MR) is 80.4 cm³/mol. The molecule has 2 fully saturated rings. The van der Waals surface area contributed by atoms with Crippen LogP contribution in [0.1, 0.15) is 44.9 Å². The number of rotatable bonds is 3. The lowest BCUT2D eigenvalue weighted by atomic mass is 9.87. The third-order valence-corrected chi connectivity index (χ3v) is 5.50. The summed E-state index contributed by atoms with van der Waals surface area (Å²) in [6.45, 7) is 2.55. The van der Waals surface area contributed by atoms with Gasteiger partial charge in [-0.3, -0.25) is 4.79 Å². The molecule has 2 rings (SSSR count). The Morgan fingerprint density at radius 2 is 2.00 bits per heavy atom. The van der Waals surface area contributed by atoms with E-state index in [2.05, 4.69) is 16.7 Å². The summed E-state index contributed by atoms with van der Waals surface area (Å²) >= 11 is 2.11. The van der Waals surface area contributed by atoms with E-state index in [1.807, 2.05) is 0 Å². The van der Waals surface area contributed by atoms with Gasteiger partial charge in [0.2, 0.25) is 5.91 Å². The quantitative estimate of drug-likeness (QED) is 0.869. The zero-order valence-electron chi connectivity index (χ0n) is 11.0. The minimum absolute atomic E-state index is 0. The summed E-state index contributed by atoms with van der Waals surface area (Å²) in [5.41, 5.74) is 5.47. The van der Waals surface area contributed by atoms with Crippen LogP contribution >= 0.6 is 24.2 Å². The SMILES string of the molecule is Cl.NCCCC(=O)N1CCSC2(CCCCC2)C1. The molecule has 1 saturated carbocycles. The van der Waals surface area contributed by atoms with Gasteiger partial charge < -0.3 is 10.6 Å². The molecule has 1 aliphatic heterocycles. The van der Waals surface area contributed by atoms with Crippen molar-refractivity contribution in [2.24, 2.45) is 5.73 Å². The second-order valence-corrected chi connectivity index (χ2v) is 6.86. The average Bonchev–Trinajstić information content (AvgIpc) is 2.37. The lowest BCUT2D eigenvalue weighted by molar-refractivity contribution is -0.131. The summed E-state index contributed by atoms with van der Waals surface area (Å²) in [7, 11) is 0. The first kappa shape index (κ1) is 16.1. The van der Waals surface area contributed by atoms with Crippen LogP contribution < -0.4 is 5.73 Å².